The molecule has 1 N–H and O–H groups in total. The highest BCUT2D eigenvalue weighted by atomic mass is 79.9. The van der Waals surface area contributed by atoms with Gasteiger partial charge in [-0.15, -0.1) is 0 Å². The fraction of sp³-hybridized carbons (Fsp3) is 0.391. The molecule has 0 saturated heterocycles. The molecule has 0 radical (unpaired) electrons. The third kappa shape index (κ3) is 5.74. The number of H-pyrrole nitrogens is 1. The Morgan fingerprint density at radius 2 is 1.89 bits per heavy atom. The predicted octanol–water partition coefficient (Wildman–Crippen LogP) is 7.27. The van der Waals surface area contributed by atoms with E-state index in [1.165, 1.54) is 13.2 Å². The standard InChI is InChI=1S/C23H20BrF6N3O2/c1-34-18-9-14(35-11-17-16(25)8-13(10-31-17)23(28,29)30)2-3-15(18)19-20(24)33-21(32-19)12-4-6-22(26,27)7-5-12/h2-3,8-10,12H,4-7,11H2,1H3,(H,32,33). The molecule has 0 aliphatic heterocycles. The summed E-state index contributed by atoms with van der Waals surface area (Å²) in [7, 11) is 1.43. The minimum atomic E-state index is -4.70. The molecule has 1 aliphatic carbocycles. The van der Waals surface area contributed by atoms with Crippen LogP contribution in [0.2, 0.25) is 0 Å². The van der Waals surface area contributed by atoms with E-state index in [4.69, 9.17) is 9.47 Å². The number of aromatic nitrogens is 3. The van der Waals surface area contributed by atoms with E-state index in [0.717, 1.165) is 0 Å². The van der Waals surface area contributed by atoms with Gasteiger partial charge in [0.1, 0.15) is 45.7 Å². The van der Waals surface area contributed by atoms with Gasteiger partial charge in [0.25, 0.3) is 0 Å². The zero-order chi connectivity index (χ0) is 25.4. The molecule has 1 aromatic carbocycles. The zero-order valence-corrected chi connectivity index (χ0v) is 19.9. The highest BCUT2D eigenvalue weighted by molar-refractivity contribution is 9.10. The average molecular weight is 564 g/mol. The quantitative estimate of drug-likeness (QED) is 0.320. The lowest BCUT2D eigenvalue weighted by Crippen LogP contribution is -2.24. The first-order valence-corrected chi connectivity index (χ1v) is 11.4. The number of ether oxygens (including phenoxy) is 2. The van der Waals surface area contributed by atoms with Crippen LogP contribution in [0, 0.1) is 5.82 Å². The summed E-state index contributed by atoms with van der Waals surface area (Å²) in [6.45, 7) is -0.394. The van der Waals surface area contributed by atoms with Crippen molar-refractivity contribution in [3.63, 3.8) is 0 Å². The lowest BCUT2D eigenvalue weighted by Gasteiger charge is -2.26. The van der Waals surface area contributed by atoms with Gasteiger partial charge in [-0.1, -0.05) is 0 Å². The van der Waals surface area contributed by atoms with Crippen LogP contribution in [-0.2, 0) is 12.8 Å². The molecular formula is C23H20BrF6N3O2. The van der Waals surface area contributed by atoms with Crippen molar-refractivity contribution in [2.75, 3.05) is 7.11 Å². The van der Waals surface area contributed by atoms with Crippen molar-refractivity contribution in [3.8, 4) is 22.8 Å². The summed E-state index contributed by atoms with van der Waals surface area (Å²) in [6, 6.07) is 5.13. The number of rotatable bonds is 6. The molecule has 35 heavy (non-hydrogen) atoms. The van der Waals surface area contributed by atoms with E-state index >= 15 is 0 Å². The molecule has 188 valence electrons. The highest BCUT2D eigenvalue weighted by Crippen LogP contribution is 2.42. The Hall–Kier alpha value is -2.76. The van der Waals surface area contributed by atoms with Gasteiger partial charge in [-0.25, -0.2) is 18.2 Å². The number of methoxy groups -OCH3 is 1. The van der Waals surface area contributed by atoms with Crippen molar-refractivity contribution >= 4 is 15.9 Å². The molecule has 0 atom stereocenters. The molecule has 1 saturated carbocycles. The molecule has 2 aromatic heterocycles. The second-order valence-corrected chi connectivity index (χ2v) is 9.01. The van der Waals surface area contributed by atoms with Gasteiger partial charge in [0.05, 0.1) is 12.7 Å². The van der Waals surface area contributed by atoms with Crippen molar-refractivity contribution < 1.29 is 35.8 Å². The number of hydrogen-bond acceptors (Lipinski definition) is 4. The number of nitrogens with one attached hydrogen (secondary N) is 1. The molecule has 0 bridgehead atoms. The van der Waals surface area contributed by atoms with Gasteiger partial charge in [0.2, 0.25) is 5.92 Å². The van der Waals surface area contributed by atoms with E-state index < -0.39 is 30.1 Å². The van der Waals surface area contributed by atoms with Crippen LogP contribution in [0.15, 0.2) is 35.1 Å². The summed E-state index contributed by atoms with van der Waals surface area (Å²) < 4.78 is 90.6. The number of halogens is 7. The van der Waals surface area contributed by atoms with Gasteiger partial charge in [-0.05, 0) is 47.0 Å². The third-order valence-electron chi connectivity index (χ3n) is 5.83. The molecule has 0 unspecified atom stereocenters. The summed E-state index contributed by atoms with van der Waals surface area (Å²) in [4.78, 5) is 11.2. The summed E-state index contributed by atoms with van der Waals surface area (Å²) in [5, 5.41) is 0. The van der Waals surface area contributed by atoms with Crippen LogP contribution in [0.4, 0.5) is 26.3 Å². The van der Waals surface area contributed by atoms with Gasteiger partial charge in [0.15, 0.2) is 0 Å². The van der Waals surface area contributed by atoms with E-state index in [9.17, 15) is 26.3 Å². The minimum absolute atomic E-state index is 0.112. The van der Waals surface area contributed by atoms with Crippen LogP contribution in [0.25, 0.3) is 11.3 Å². The van der Waals surface area contributed by atoms with E-state index in [1.807, 2.05) is 0 Å². The van der Waals surface area contributed by atoms with E-state index in [0.29, 0.717) is 52.5 Å². The van der Waals surface area contributed by atoms with Crippen molar-refractivity contribution in [2.45, 2.75) is 50.3 Å². The first-order valence-electron chi connectivity index (χ1n) is 10.6. The van der Waals surface area contributed by atoms with E-state index in [2.05, 4.69) is 30.9 Å². The predicted molar refractivity (Wildman–Crippen MR) is 118 cm³/mol. The van der Waals surface area contributed by atoms with Gasteiger partial charge < -0.3 is 14.5 Å². The van der Waals surface area contributed by atoms with Crippen molar-refractivity contribution in [2.24, 2.45) is 0 Å². The Morgan fingerprint density at radius 1 is 1.17 bits per heavy atom. The topological polar surface area (TPSA) is 60.0 Å². The van der Waals surface area contributed by atoms with Gasteiger partial charge in [-0.2, -0.15) is 13.2 Å². The Morgan fingerprint density at radius 3 is 2.51 bits per heavy atom. The Labute approximate surface area is 205 Å². The molecule has 12 heteroatoms. The van der Waals surface area contributed by atoms with Gasteiger partial charge in [-0.3, -0.25) is 4.98 Å². The number of imidazole rings is 1. The largest absolute Gasteiger partial charge is 0.496 e. The number of alkyl halides is 5. The molecule has 5 nitrogen and oxygen atoms in total. The number of aromatic amines is 1. The smallest absolute Gasteiger partial charge is 0.417 e. The molecule has 4 rings (SSSR count). The lowest BCUT2D eigenvalue weighted by atomic mass is 9.86. The Balaban J connectivity index is 1.50. The number of benzene rings is 1. The van der Waals surface area contributed by atoms with E-state index in [-0.39, 0.29) is 30.2 Å². The van der Waals surface area contributed by atoms with Gasteiger partial charge >= 0.3 is 6.18 Å². The first kappa shape index (κ1) is 25.3. The second kappa shape index (κ2) is 9.71. The minimum Gasteiger partial charge on any atom is -0.496 e. The SMILES string of the molecule is COc1cc(OCc2ncc(C(F)(F)F)cc2F)ccc1-c1nc(C2CCC(F)(F)CC2)[nH]c1Br. The fourth-order valence-electron chi connectivity index (χ4n) is 3.89. The Bertz CT molecular complexity index is 1200. The van der Waals surface area contributed by atoms with Crippen LogP contribution in [0.3, 0.4) is 0 Å². The van der Waals surface area contributed by atoms with E-state index in [1.54, 1.807) is 12.1 Å². The monoisotopic (exact) mass is 563 g/mol. The number of pyridine rings is 1. The number of nitrogens with zero attached hydrogens (tertiary/aromatic N) is 2. The summed E-state index contributed by atoms with van der Waals surface area (Å²) in [5.41, 5.74) is -0.347. The van der Waals surface area contributed by atoms with Crippen molar-refractivity contribution in [1.29, 1.82) is 0 Å². The van der Waals surface area contributed by atoms with Crippen molar-refractivity contribution in [1.82, 2.24) is 15.0 Å². The maximum atomic E-state index is 14.0. The van der Waals surface area contributed by atoms with Gasteiger partial charge in [0, 0.05) is 36.6 Å². The maximum absolute atomic E-state index is 14.0. The molecular weight excluding hydrogens is 544 g/mol. The van der Waals surface area contributed by atoms with Crippen LogP contribution < -0.4 is 9.47 Å². The Kier molecular flexibility index (Phi) is 7.03. The maximum Gasteiger partial charge on any atom is 0.417 e. The van der Waals surface area contributed by atoms with Crippen molar-refractivity contribution in [3.05, 3.63) is 58.0 Å². The summed E-state index contributed by atoms with van der Waals surface area (Å²) >= 11 is 3.43. The second-order valence-electron chi connectivity index (χ2n) is 8.22. The molecule has 2 heterocycles. The molecule has 3 aromatic rings. The summed E-state index contributed by atoms with van der Waals surface area (Å²) in [6.07, 6.45) is -3.87. The van der Waals surface area contributed by atoms with Crippen LogP contribution >= 0.6 is 15.9 Å². The number of hydrogen-bond donors (Lipinski definition) is 1. The summed E-state index contributed by atoms with van der Waals surface area (Å²) in [5.74, 6) is -2.63. The first-order chi connectivity index (χ1) is 16.5. The highest BCUT2D eigenvalue weighted by Gasteiger charge is 2.36. The van der Waals surface area contributed by atoms with Crippen LogP contribution in [0.1, 0.15) is 48.7 Å². The van der Waals surface area contributed by atoms with Crippen LogP contribution in [0.5, 0.6) is 11.5 Å². The zero-order valence-electron chi connectivity index (χ0n) is 18.4. The lowest BCUT2D eigenvalue weighted by molar-refractivity contribution is -0.138. The molecule has 1 fully saturated rings. The molecule has 0 spiro atoms. The molecule has 0 amide bonds. The third-order valence-corrected chi connectivity index (χ3v) is 6.40. The fourth-order valence-corrected chi connectivity index (χ4v) is 4.40. The molecule has 1 aliphatic rings. The normalized spacial score (nSPS) is 16.3. The average Bonchev–Trinajstić information content (AvgIpc) is 3.18. The van der Waals surface area contributed by atoms with Crippen LogP contribution in [-0.4, -0.2) is 28.0 Å².